The minimum atomic E-state index is -0.824. The van der Waals surface area contributed by atoms with E-state index in [9.17, 15) is 9.59 Å². The van der Waals surface area contributed by atoms with Crippen molar-refractivity contribution < 1.29 is 19.4 Å². The number of carboxylic acids is 1. The molecule has 2 atom stereocenters. The molecule has 1 aliphatic rings. The maximum atomic E-state index is 11.7. The van der Waals surface area contributed by atoms with Gasteiger partial charge >= 0.3 is 12.0 Å². The lowest BCUT2D eigenvalue weighted by molar-refractivity contribution is -0.143. The first-order valence-electron chi connectivity index (χ1n) is 7.35. The molecule has 0 aromatic carbocycles. The Morgan fingerprint density at radius 1 is 1.30 bits per heavy atom. The molecule has 2 unspecified atom stereocenters. The topological polar surface area (TPSA) is 87.7 Å². The largest absolute Gasteiger partial charge is 0.481 e. The summed E-state index contributed by atoms with van der Waals surface area (Å²) in [6.07, 6.45) is 3.25. The summed E-state index contributed by atoms with van der Waals surface area (Å²) in [5, 5.41) is 14.6. The number of hydrogen-bond donors (Lipinski definition) is 3. The number of ether oxygens (including phenoxy) is 1. The number of hydrogen-bond acceptors (Lipinski definition) is 3. The average molecular weight is 286 g/mol. The number of rotatable bonds is 7. The van der Waals surface area contributed by atoms with Crippen LogP contribution in [0, 0.1) is 11.8 Å². The van der Waals surface area contributed by atoms with Crippen molar-refractivity contribution in [2.24, 2.45) is 11.8 Å². The van der Waals surface area contributed by atoms with E-state index in [0.717, 1.165) is 19.3 Å². The molecule has 0 spiro atoms. The molecule has 1 aliphatic carbocycles. The lowest BCUT2D eigenvalue weighted by atomic mass is 9.84. The number of aliphatic carboxylic acids is 1. The van der Waals surface area contributed by atoms with Gasteiger partial charge in [-0.25, -0.2) is 4.79 Å². The summed E-state index contributed by atoms with van der Waals surface area (Å²) in [4.78, 5) is 22.8. The average Bonchev–Trinajstić information content (AvgIpc) is 2.38. The quantitative estimate of drug-likeness (QED) is 0.620. The molecule has 0 bridgehead atoms. The van der Waals surface area contributed by atoms with Gasteiger partial charge in [0.15, 0.2) is 0 Å². The van der Waals surface area contributed by atoms with Gasteiger partial charge in [0, 0.05) is 19.2 Å². The lowest BCUT2D eigenvalue weighted by Gasteiger charge is -2.29. The molecule has 20 heavy (non-hydrogen) atoms. The van der Waals surface area contributed by atoms with Crippen molar-refractivity contribution in [1.82, 2.24) is 10.6 Å². The van der Waals surface area contributed by atoms with Gasteiger partial charge in [-0.2, -0.15) is 0 Å². The molecule has 0 aromatic rings. The third kappa shape index (κ3) is 6.23. The number of carbonyl (C=O) groups excluding carboxylic acids is 1. The number of carboxylic acid groups (broad SMARTS) is 1. The van der Waals surface area contributed by atoms with Gasteiger partial charge in [-0.3, -0.25) is 4.79 Å². The minimum Gasteiger partial charge on any atom is -0.481 e. The molecule has 0 saturated heterocycles. The smallest absolute Gasteiger partial charge is 0.315 e. The second kappa shape index (κ2) is 8.79. The van der Waals surface area contributed by atoms with Crippen molar-refractivity contribution in [1.29, 1.82) is 0 Å². The van der Waals surface area contributed by atoms with Crippen molar-refractivity contribution >= 4 is 12.0 Å². The fourth-order valence-corrected chi connectivity index (χ4v) is 2.37. The van der Waals surface area contributed by atoms with E-state index in [-0.39, 0.29) is 12.1 Å². The van der Waals surface area contributed by atoms with Gasteiger partial charge in [-0.1, -0.05) is 26.7 Å². The third-order valence-corrected chi connectivity index (χ3v) is 3.38. The molecule has 3 N–H and O–H groups in total. The molecule has 0 aromatic heterocycles. The van der Waals surface area contributed by atoms with E-state index in [1.165, 1.54) is 0 Å². The fourth-order valence-electron chi connectivity index (χ4n) is 2.37. The van der Waals surface area contributed by atoms with E-state index >= 15 is 0 Å². The van der Waals surface area contributed by atoms with Crippen LogP contribution in [0.15, 0.2) is 0 Å². The highest BCUT2D eigenvalue weighted by molar-refractivity contribution is 5.76. The Bertz CT molecular complexity index is 320. The van der Waals surface area contributed by atoms with Gasteiger partial charge in [0.1, 0.15) is 0 Å². The second-order valence-corrected chi connectivity index (χ2v) is 5.70. The lowest BCUT2D eigenvalue weighted by Crippen LogP contribution is -2.49. The Kier molecular flexibility index (Phi) is 7.36. The predicted octanol–water partition coefficient (Wildman–Crippen LogP) is 1.60. The zero-order chi connectivity index (χ0) is 15.0. The first kappa shape index (κ1) is 16.8. The Morgan fingerprint density at radius 2 is 2.00 bits per heavy atom. The Labute approximate surface area is 120 Å². The summed E-state index contributed by atoms with van der Waals surface area (Å²) in [6, 6.07) is -0.575. The SMILES string of the molecule is CC(C)COCCNC(=O)NC1CCCCC1C(=O)O. The van der Waals surface area contributed by atoms with Crippen molar-refractivity contribution in [2.75, 3.05) is 19.8 Å². The first-order chi connectivity index (χ1) is 9.50. The van der Waals surface area contributed by atoms with Gasteiger partial charge in [0.25, 0.3) is 0 Å². The molecule has 1 fully saturated rings. The van der Waals surface area contributed by atoms with E-state index < -0.39 is 11.9 Å². The number of amides is 2. The van der Waals surface area contributed by atoms with Gasteiger partial charge in [-0.05, 0) is 18.8 Å². The Hall–Kier alpha value is -1.30. The highest BCUT2D eigenvalue weighted by Gasteiger charge is 2.31. The summed E-state index contributed by atoms with van der Waals surface area (Å²) in [5.41, 5.74) is 0. The van der Waals surface area contributed by atoms with Crippen LogP contribution >= 0.6 is 0 Å². The van der Waals surface area contributed by atoms with E-state index in [2.05, 4.69) is 24.5 Å². The summed E-state index contributed by atoms with van der Waals surface area (Å²) >= 11 is 0. The summed E-state index contributed by atoms with van der Waals surface area (Å²) in [6.45, 7) is 5.71. The Balaban J connectivity index is 2.21. The molecule has 0 radical (unpaired) electrons. The summed E-state index contributed by atoms with van der Waals surface area (Å²) in [7, 11) is 0. The van der Waals surface area contributed by atoms with Crippen LogP contribution in [0.4, 0.5) is 4.79 Å². The van der Waals surface area contributed by atoms with Gasteiger partial charge < -0.3 is 20.5 Å². The van der Waals surface area contributed by atoms with E-state index in [0.29, 0.717) is 32.1 Å². The highest BCUT2D eigenvalue weighted by Crippen LogP contribution is 2.24. The standard InChI is InChI=1S/C14H26N2O4/c1-10(2)9-20-8-7-15-14(19)16-12-6-4-3-5-11(12)13(17)18/h10-12H,3-9H2,1-2H3,(H,17,18)(H2,15,16,19). The Morgan fingerprint density at radius 3 is 2.65 bits per heavy atom. The minimum absolute atomic E-state index is 0.266. The van der Waals surface area contributed by atoms with Crippen LogP contribution in [0.5, 0.6) is 0 Å². The summed E-state index contributed by atoms with van der Waals surface area (Å²) in [5.74, 6) is -0.815. The first-order valence-corrected chi connectivity index (χ1v) is 7.35. The van der Waals surface area contributed by atoms with Gasteiger partial charge in [0.05, 0.1) is 12.5 Å². The third-order valence-electron chi connectivity index (χ3n) is 3.38. The van der Waals surface area contributed by atoms with Crippen molar-refractivity contribution in [3.05, 3.63) is 0 Å². The van der Waals surface area contributed by atoms with Crippen molar-refractivity contribution in [3.8, 4) is 0 Å². The molecule has 6 nitrogen and oxygen atoms in total. The number of carbonyl (C=O) groups is 2. The second-order valence-electron chi connectivity index (χ2n) is 5.70. The van der Waals surface area contributed by atoms with Crippen molar-refractivity contribution in [2.45, 2.75) is 45.6 Å². The van der Waals surface area contributed by atoms with Crippen LogP contribution < -0.4 is 10.6 Å². The van der Waals surface area contributed by atoms with Crippen LogP contribution in [0.25, 0.3) is 0 Å². The van der Waals surface area contributed by atoms with Crippen LogP contribution in [-0.4, -0.2) is 42.9 Å². The zero-order valence-electron chi connectivity index (χ0n) is 12.4. The molecule has 1 rings (SSSR count). The van der Waals surface area contributed by atoms with E-state index in [1.54, 1.807) is 0 Å². The fraction of sp³-hybridized carbons (Fsp3) is 0.857. The molecule has 0 heterocycles. The highest BCUT2D eigenvalue weighted by atomic mass is 16.5. The monoisotopic (exact) mass is 286 g/mol. The molecule has 1 saturated carbocycles. The molecule has 6 heteroatoms. The molecule has 2 amide bonds. The molecular formula is C14H26N2O4. The van der Waals surface area contributed by atoms with E-state index in [1.807, 2.05) is 0 Å². The normalized spacial score (nSPS) is 22.6. The van der Waals surface area contributed by atoms with Crippen molar-refractivity contribution in [3.63, 3.8) is 0 Å². The molecule has 0 aliphatic heterocycles. The molecular weight excluding hydrogens is 260 g/mol. The molecule has 116 valence electrons. The van der Waals surface area contributed by atoms with Gasteiger partial charge in [0.2, 0.25) is 0 Å². The maximum absolute atomic E-state index is 11.7. The zero-order valence-corrected chi connectivity index (χ0v) is 12.4. The van der Waals surface area contributed by atoms with Crippen LogP contribution in [-0.2, 0) is 9.53 Å². The van der Waals surface area contributed by atoms with E-state index in [4.69, 9.17) is 9.84 Å². The van der Waals surface area contributed by atoms with Crippen LogP contribution in [0.3, 0.4) is 0 Å². The van der Waals surface area contributed by atoms with Crippen LogP contribution in [0.2, 0.25) is 0 Å². The van der Waals surface area contributed by atoms with Gasteiger partial charge in [-0.15, -0.1) is 0 Å². The summed E-state index contributed by atoms with van der Waals surface area (Å²) < 4.78 is 5.36. The number of nitrogens with one attached hydrogen (secondary N) is 2. The predicted molar refractivity (Wildman–Crippen MR) is 75.6 cm³/mol. The van der Waals surface area contributed by atoms with Crippen LogP contribution in [0.1, 0.15) is 39.5 Å². The number of urea groups is 1. The maximum Gasteiger partial charge on any atom is 0.315 e.